The Labute approximate surface area is 208 Å². The van der Waals surface area contributed by atoms with Crippen LogP contribution in [0.25, 0.3) is 0 Å². The summed E-state index contributed by atoms with van der Waals surface area (Å²) in [6.45, 7) is 0.460. The Hall–Kier alpha value is -2.67. The molecule has 0 bridgehead atoms. The maximum atomic E-state index is 14.2. The fourth-order valence-corrected chi connectivity index (χ4v) is 3.79. The molecule has 7 heteroatoms. The summed E-state index contributed by atoms with van der Waals surface area (Å²) in [5.41, 5.74) is 4.76. The molecule has 0 saturated carbocycles. The number of carboxylic acids is 1. The summed E-state index contributed by atoms with van der Waals surface area (Å²) in [5.74, 6) is -1.58. The number of aliphatic carboxylic acids is 1. The Bertz CT molecular complexity index is 1120. The van der Waals surface area contributed by atoms with E-state index in [-0.39, 0.29) is 48.3 Å². The third-order valence-corrected chi connectivity index (χ3v) is 5.41. The van der Waals surface area contributed by atoms with Crippen LogP contribution in [-0.2, 0) is 29.0 Å². The molecule has 1 N–H and O–H groups in total. The van der Waals surface area contributed by atoms with Gasteiger partial charge in [-0.3, -0.25) is 9.69 Å². The van der Waals surface area contributed by atoms with Gasteiger partial charge in [0.1, 0.15) is 5.82 Å². The zero-order valence-corrected chi connectivity index (χ0v) is 19.9. The molecule has 1 amide bonds. The quantitative estimate of drug-likeness (QED) is 0.550. The minimum Gasteiger partial charge on any atom is -0.550 e. The van der Waals surface area contributed by atoms with E-state index in [0.717, 1.165) is 22.5 Å². The Morgan fingerprint density at radius 1 is 1.03 bits per heavy atom. The average Bonchev–Trinajstić information content (AvgIpc) is 2.77. The van der Waals surface area contributed by atoms with Gasteiger partial charge in [-0.05, 0) is 66.3 Å². The zero-order chi connectivity index (χ0) is 21.8. The SMILES string of the molecule is O=C([O-])CCc1ccc(NCc2ccc3c(c2)N(c2ccccc2)C(=O)CC3)cc1F.[Na+]. The number of halogens is 1. The van der Waals surface area contributed by atoms with Crippen molar-refractivity contribution in [2.24, 2.45) is 0 Å². The van der Waals surface area contributed by atoms with Crippen LogP contribution in [-0.4, -0.2) is 11.9 Å². The number of nitrogens with zero attached hydrogens (tertiary/aromatic N) is 1. The standard InChI is InChI=1S/C25H23FN2O3.Na/c26-22-15-20(11-8-18(22)10-13-25(30)31)27-16-17-6-7-19-9-12-24(29)28(23(19)14-17)21-4-2-1-3-5-21;/h1-8,11,14-15,27H,9-10,12-13,16H2,(H,30,31);/q;+1/p-1. The summed E-state index contributed by atoms with van der Waals surface area (Å²) in [5, 5.41) is 13.8. The van der Waals surface area contributed by atoms with Gasteiger partial charge in [-0.1, -0.05) is 36.4 Å². The van der Waals surface area contributed by atoms with Gasteiger partial charge >= 0.3 is 29.6 Å². The molecule has 158 valence electrons. The summed E-state index contributed by atoms with van der Waals surface area (Å²) in [6.07, 6.45) is 1.07. The average molecular weight is 440 g/mol. The molecule has 0 spiro atoms. The van der Waals surface area contributed by atoms with Crippen LogP contribution < -0.4 is 44.9 Å². The van der Waals surface area contributed by atoms with Crippen molar-refractivity contribution in [3.63, 3.8) is 0 Å². The topological polar surface area (TPSA) is 72.5 Å². The summed E-state index contributed by atoms with van der Waals surface area (Å²) in [6, 6.07) is 20.3. The van der Waals surface area contributed by atoms with E-state index in [1.807, 2.05) is 48.5 Å². The number of hydrogen-bond acceptors (Lipinski definition) is 4. The number of carbonyl (C=O) groups is 2. The molecule has 5 nitrogen and oxygen atoms in total. The van der Waals surface area contributed by atoms with Gasteiger partial charge < -0.3 is 15.2 Å². The van der Waals surface area contributed by atoms with E-state index in [1.165, 1.54) is 6.07 Å². The Morgan fingerprint density at radius 3 is 2.53 bits per heavy atom. The predicted molar refractivity (Wildman–Crippen MR) is 115 cm³/mol. The molecule has 0 saturated heterocycles. The van der Waals surface area contributed by atoms with E-state index in [1.54, 1.807) is 17.0 Å². The number of aryl methyl sites for hydroxylation is 2. The number of hydrogen-bond donors (Lipinski definition) is 1. The van der Waals surface area contributed by atoms with Crippen LogP contribution in [0, 0.1) is 5.82 Å². The Kier molecular flexibility index (Phi) is 8.07. The third-order valence-electron chi connectivity index (χ3n) is 5.41. The monoisotopic (exact) mass is 440 g/mol. The van der Waals surface area contributed by atoms with Gasteiger partial charge in [0.15, 0.2) is 0 Å². The molecule has 0 aromatic heterocycles. The second-order valence-corrected chi connectivity index (χ2v) is 7.56. The minimum absolute atomic E-state index is 0. The van der Waals surface area contributed by atoms with Crippen LogP contribution >= 0.6 is 0 Å². The van der Waals surface area contributed by atoms with Crippen molar-refractivity contribution < 1.29 is 48.6 Å². The predicted octanol–water partition coefficient (Wildman–Crippen LogP) is 0.735. The van der Waals surface area contributed by atoms with Crippen molar-refractivity contribution in [1.82, 2.24) is 0 Å². The van der Waals surface area contributed by atoms with Crippen LogP contribution in [0.15, 0.2) is 66.7 Å². The second-order valence-electron chi connectivity index (χ2n) is 7.56. The molecule has 0 aliphatic carbocycles. The first-order chi connectivity index (χ1) is 15.0. The molecule has 0 radical (unpaired) electrons. The summed E-state index contributed by atoms with van der Waals surface area (Å²) < 4.78 is 14.2. The van der Waals surface area contributed by atoms with E-state index in [4.69, 9.17) is 0 Å². The molecule has 3 aromatic carbocycles. The Morgan fingerprint density at radius 2 is 1.81 bits per heavy atom. The van der Waals surface area contributed by atoms with Gasteiger partial charge in [-0.25, -0.2) is 4.39 Å². The molecule has 0 atom stereocenters. The summed E-state index contributed by atoms with van der Waals surface area (Å²) >= 11 is 0. The van der Waals surface area contributed by atoms with E-state index in [2.05, 4.69) is 5.32 Å². The molecule has 1 aliphatic rings. The van der Waals surface area contributed by atoms with E-state index in [9.17, 15) is 19.1 Å². The van der Waals surface area contributed by atoms with Crippen molar-refractivity contribution in [3.8, 4) is 0 Å². The van der Waals surface area contributed by atoms with E-state index >= 15 is 0 Å². The van der Waals surface area contributed by atoms with Gasteiger partial charge in [0.2, 0.25) is 5.91 Å². The zero-order valence-electron chi connectivity index (χ0n) is 17.9. The van der Waals surface area contributed by atoms with E-state index in [0.29, 0.717) is 30.6 Å². The van der Waals surface area contributed by atoms with E-state index < -0.39 is 11.8 Å². The van der Waals surface area contributed by atoms with Crippen molar-refractivity contribution >= 4 is 28.9 Å². The first-order valence-electron chi connectivity index (χ1n) is 10.2. The summed E-state index contributed by atoms with van der Waals surface area (Å²) in [4.78, 5) is 25.0. The van der Waals surface area contributed by atoms with Crippen molar-refractivity contribution in [1.29, 1.82) is 0 Å². The molecule has 3 aromatic rings. The fourth-order valence-electron chi connectivity index (χ4n) is 3.79. The van der Waals surface area contributed by atoms with Gasteiger partial charge in [-0.15, -0.1) is 0 Å². The van der Waals surface area contributed by atoms with Crippen LogP contribution in [0.2, 0.25) is 0 Å². The number of carbonyl (C=O) groups excluding carboxylic acids is 2. The molecule has 1 aliphatic heterocycles. The van der Waals surface area contributed by atoms with Gasteiger partial charge in [0, 0.05) is 30.3 Å². The van der Waals surface area contributed by atoms with Crippen LogP contribution in [0.5, 0.6) is 0 Å². The number of fused-ring (bicyclic) bond motifs is 1. The number of carboxylic acid groups (broad SMARTS) is 1. The molecule has 1 heterocycles. The van der Waals surface area contributed by atoms with Gasteiger partial charge in [0.05, 0.1) is 5.69 Å². The van der Waals surface area contributed by atoms with Crippen molar-refractivity contribution in [3.05, 3.63) is 89.2 Å². The fraction of sp³-hybridized carbons (Fsp3) is 0.200. The number of benzene rings is 3. The minimum atomic E-state index is -1.20. The number of rotatable bonds is 7. The second kappa shape index (κ2) is 10.8. The van der Waals surface area contributed by atoms with Gasteiger partial charge in [0.25, 0.3) is 0 Å². The van der Waals surface area contributed by atoms with Gasteiger partial charge in [-0.2, -0.15) is 0 Å². The first kappa shape index (κ1) is 24.0. The normalized spacial score (nSPS) is 12.7. The molecule has 4 rings (SSSR count). The number of anilines is 3. The van der Waals surface area contributed by atoms with Crippen LogP contribution in [0.1, 0.15) is 29.5 Å². The number of amides is 1. The number of para-hydroxylation sites is 1. The van der Waals surface area contributed by atoms with Crippen molar-refractivity contribution in [2.75, 3.05) is 10.2 Å². The number of nitrogens with one attached hydrogen (secondary N) is 1. The third kappa shape index (κ3) is 5.57. The Balaban J connectivity index is 0.00000289. The summed E-state index contributed by atoms with van der Waals surface area (Å²) in [7, 11) is 0. The maximum Gasteiger partial charge on any atom is 1.00 e. The molecule has 0 unspecified atom stereocenters. The molecular formula is C25H22FN2NaO3. The largest absolute Gasteiger partial charge is 1.00 e. The molecule has 0 fully saturated rings. The molecule has 32 heavy (non-hydrogen) atoms. The molecular weight excluding hydrogens is 418 g/mol. The first-order valence-corrected chi connectivity index (χ1v) is 10.2. The maximum absolute atomic E-state index is 14.2. The smallest absolute Gasteiger partial charge is 0.550 e. The van der Waals surface area contributed by atoms with Crippen LogP contribution in [0.3, 0.4) is 0 Å². The van der Waals surface area contributed by atoms with Crippen molar-refractivity contribution in [2.45, 2.75) is 32.2 Å². The van der Waals surface area contributed by atoms with Crippen LogP contribution in [0.4, 0.5) is 21.5 Å².